The van der Waals surface area contributed by atoms with Crippen LogP contribution in [0.3, 0.4) is 0 Å². The molecular weight excluding hydrogens is 296 g/mol. The number of hydrogen-bond donors (Lipinski definition) is 0. The van der Waals surface area contributed by atoms with E-state index in [0.29, 0.717) is 6.61 Å². The lowest BCUT2D eigenvalue weighted by molar-refractivity contribution is -0.148. The smallest absolute Gasteiger partial charge is 0.308 e. The Labute approximate surface area is 151 Å². The maximum absolute atomic E-state index is 11.7. The van der Waals surface area contributed by atoms with E-state index < -0.39 is 0 Å². The van der Waals surface area contributed by atoms with Crippen LogP contribution in [0.25, 0.3) is 0 Å². The molecule has 1 atom stereocenters. The first-order valence-corrected chi connectivity index (χ1v) is 10.6. The highest BCUT2D eigenvalue weighted by atomic mass is 16.5. The molecule has 0 amide bonds. The van der Waals surface area contributed by atoms with E-state index in [9.17, 15) is 4.79 Å². The second kappa shape index (κ2) is 18.5. The molecule has 0 aromatic heterocycles. The highest BCUT2D eigenvalue weighted by Gasteiger charge is 2.16. The molecule has 0 saturated carbocycles. The summed E-state index contributed by atoms with van der Waals surface area (Å²) in [5.41, 5.74) is 0. The highest BCUT2D eigenvalue weighted by Crippen LogP contribution is 2.16. The molecular formula is C22H42O2. The van der Waals surface area contributed by atoms with Gasteiger partial charge in [-0.15, -0.1) is 0 Å². The van der Waals surface area contributed by atoms with Gasteiger partial charge >= 0.3 is 5.97 Å². The van der Waals surface area contributed by atoms with Crippen molar-refractivity contribution in [3.8, 4) is 0 Å². The van der Waals surface area contributed by atoms with Gasteiger partial charge in [0.25, 0.3) is 0 Å². The van der Waals surface area contributed by atoms with Gasteiger partial charge in [0.05, 0.1) is 12.5 Å². The summed E-state index contributed by atoms with van der Waals surface area (Å²) in [6.07, 6.45) is 22.3. The van der Waals surface area contributed by atoms with Gasteiger partial charge in [-0.1, -0.05) is 77.4 Å². The predicted molar refractivity (Wildman–Crippen MR) is 105 cm³/mol. The zero-order valence-electron chi connectivity index (χ0n) is 16.7. The van der Waals surface area contributed by atoms with Crippen LogP contribution in [0.2, 0.25) is 0 Å². The van der Waals surface area contributed by atoms with Gasteiger partial charge in [-0.3, -0.25) is 4.79 Å². The van der Waals surface area contributed by atoms with E-state index in [1.54, 1.807) is 0 Å². The summed E-state index contributed by atoms with van der Waals surface area (Å²) in [5, 5.41) is 0. The number of allylic oxidation sites excluding steroid dienone is 2. The van der Waals surface area contributed by atoms with Crippen molar-refractivity contribution in [2.45, 2.75) is 111 Å². The van der Waals surface area contributed by atoms with Crippen LogP contribution in [0, 0.1) is 5.92 Å². The minimum atomic E-state index is -0.00220. The lowest BCUT2D eigenvalue weighted by atomic mass is 9.98. The molecule has 0 saturated heterocycles. The Balaban J connectivity index is 3.37. The zero-order chi connectivity index (χ0) is 17.9. The molecule has 24 heavy (non-hydrogen) atoms. The molecule has 0 spiro atoms. The van der Waals surface area contributed by atoms with E-state index in [1.807, 2.05) is 6.92 Å². The number of carbonyl (C=O) groups is 1. The lowest BCUT2D eigenvalue weighted by Gasteiger charge is -2.12. The fourth-order valence-electron chi connectivity index (χ4n) is 3.03. The van der Waals surface area contributed by atoms with Gasteiger partial charge in [0, 0.05) is 0 Å². The average molecular weight is 339 g/mol. The minimum Gasteiger partial charge on any atom is -0.466 e. The van der Waals surface area contributed by atoms with E-state index >= 15 is 0 Å². The number of rotatable bonds is 17. The fourth-order valence-corrected chi connectivity index (χ4v) is 3.03. The van der Waals surface area contributed by atoms with Crippen molar-refractivity contribution < 1.29 is 9.53 Å². The third kappa shape index (κ3) is 14.8. The minimum absolute atomic E-state index is 0.00220. The Morgan fingerprint density at radius 3 is 1.88 bits per heavy atom. The topological polar surface area (TPSA) is 26.3 Å². The Morgan fingerprint density at radius 1 is 0.792 bits per heavy atom. The number of carbonyl (C=O) groups excluding carboxylic acids is 1. The molecule has 0 bridgehead atoms. The van der Waals surface area contributed by atoms with Crippen LogP contribution in [-0.4, -0.2) is 12.6 Å². The third-order valence-corrected chi connectivity index (χ3v) is 4.68. The quantitative estimate of drug-likeness (QED) is 0.159. The molecule has 142 valence electrons. The van der Waals surface area contributed by atoms with Crippen LogP contribution in [0.1, 0.15) is 111 Å². The van der Waals surface area contributed by atoms with Gasteiger partial charge in [0.2, 0.25) is 0 Å². The fraction of sp³-hybridized carbons (Fsp3) is 0.864. The van der Waals surface area contributed by atoms with E-state index in [0.717, 1.165) is 19.3 Å². The van der Waals surface area contributed by atoms with Gasteiger partial charge in [-0.2, -0.15) is 0 Å². The van der Waals surface area contributed by atoms with E-state index in [2.05, 4.69) is 26.0 Å². The molecule has 0 aromatic carbocycles. The van der Waals surface area contributed by atoms with Crippen molar-refractivity contribution in [1.82, 2.24) is 0 Å². The second-order valence-corrected chi connectivity index (χ2v) is 6.88. The van der Waals surface area contributed by atoms with Crippen LogP contribution in [0.5, 0.6) is 0 Å². The first-order chi connectivity index (χ1) is 11.8. The van der Waals surface area contributed by atoms with Crippen molar-refractivity contribution in [3.05, 3.63) is 12.2 Å². The van der Waals surface area contributed by atoms with Crippen LogP contribution >= 0.6 is 0 Å². The number of esters is 1. The van der Waals surface area contributed by atoms with Crippen molar-refractivity contribution in [2.75, 3.05) is 6.61 Å². The first kappa shape index (κ1) is 23.2. The van der Waals surface area contributed by atoms with Gasteiger partial charge in [0.15, 0.2) is 0 Å². The van der Waals surface area contributed by atoms with Crippen molar-refractivity contribution in [2.24, 2.45) is 5.92 Å². The molecule has 0 rings (SSSR count). The number of ether oxygens (including phenoxy) is 1. The molecule has 1 unspecified atom stereocenters. The van der Waals surface area contributed by atoms with Crippen LogP contribution < -0.4 is 0 Å². The van der Waals surface area contributed by atoms with Crippen LogP contribution in [-0.2, 0) is 9.53 Å². The second-order valence-electron chi connectivity index (χ2n) is 6.88. The maximum Gasteiger partial charge on any atom is 0.308 e. The van der Waals surface area contributed by atoms with Gasteiger partial charge in [-0.05, 0) is 45.4 Å². The Hall–Kier alpha value is -0.790. The summed E-state index contributed by atoms with van der Waals surface area (Å²) in [6.45, 7) is 6.73. The monoisotopic (exact) mass is 338 g/mol. The van der Waals surface area contributed by atoms with E-state index in [4.69, 9.17) is 4.74 Å². The predicted octanol–water partition coefficient (Wildman–Crippen LogP) is 7.22. The summed E-state index contributed by atoms with van der Waals surface area (Å²) >= 11 is 0. The van der Waals surface area contributed by atoms with Gasteiger partial charge < -0.3 is 4.74 Å². The third-order valence-electron chi connectivity index (χ3n) is 4.68. The number of unbranched alkanes of at least 4 members (excludes halogenated alkanes) is 10. The zero-order valence-corrected chi connectivity index (χ0v) is 16.7. The van der Waals surface area contributed by atoms with Crippen molar-refractivity contribution in [3.63, 3.8) is 0 Å². The standard InChI is InChI=1S/C22H42O2/c1-4-7-8-9-10-11-12-13-14-15-16-17-18-19-20-21(5-2)22(23)24-6-3/h13-14,21H,4-12,15-20H2,1-3H3. The lowest BCUT2D eigenvalue weighted by Crippen LogP contribution is -2.16. The first-order valence-electron chi connectivity index (χ1n) is 10.6. The summed E-state index contributed by atoms with van der Waals surface area (Å²) in [6, 6.07) is 0. The largest absolute Gasteiger partial charge is 0.466 e. The van der Waals surface area contributed by atoms with E-state index in [-0.39, 0.29) is 11.9 Å². The molecule has 2 heteroatoms. The molecule has 0 aliphatic carbocycles. The van der Waals surface area contributed by atoms with Gasteiger partial charge in [-0.25, -0.2) is 0 Å². The average Bonchev–Trinajstić information content (AvgIpc) is 2.58. The molecule has 2 nitrogen and oxygen atoms in total. The molecule has 0 aliphatic heterocycles. The molecule has 0 N–H and O–H groups in total. The molecule has 0 aromatic rings. The Morgan fingerprint density at radius 2 is 1.33 bits per heavy atom. The normalized spacial score (nSPS) is 12.6. The van der Waals surface area contributed by atoms with E-state index in [1.165, 1.54) is 70.6 Å². The number of hydrogen-bond acceptors (Lipinski definition) is 2. The summed E-state index contributed by atoms with van der Waals surface area (Å²) in [4.78, 5) is 11.7. The molecule has 0 fully saturated rings. The molecule has 0 aliphatic rings. The summed E-state index contributed by atoms with van der Waals surface area (Å²) in [7, 11) is 0. The highest BCUT2D eigenvalue weighted by molar-refractivity contribution is 5.72. The van der Waals surface area contributed by atoms with Crippen LogP contribution in [0.15, 0.2) is 12.2 Å². The van der Waals surface area contributed by atoms with Gasteiger partial charge in [0.1, 0.15) is 0 Å². The Kier molecular flexibility index (Phi) is 17.9. The van der Waals surface area contributed by atoms with Crippen molar-refractivity contribution in [1.29, 1.82) is 0 Å². The Bertz CT molecular complexity index is 296. The van der Waals surface area contributed by atoms with Crippen LogP contribution in [0.4, 0.5) is 0 Å². The maximum atomic E-state index is 11.7. The SMILES string of the molecule is CCCCCCCCC=CCCCCCCC(CC)C(=O)OCC. The van der Waals surface area contributed by atoms with Crippen molar-refractivity contribution >= 4 is 5.97 Å². The summed E-state index contributed by atoms with van der Waals surface area (Å²) < 4.78 is 5.12. The molecule has 0 heterocycles. The molecule has 0 radical (unpaired) electrons. The summed E-state index contributed by atoms with van der Waals surface area (Å²) in [5.74, 6) is 0.111.